The Kier molecular flexibility index (Phi) is 8.10. The number of aromatic nitrogens is 5. The fraction of sp³-hybridized carbons (Fsp3) is 0. The van der Waals surface area contributed by atoms with E-state index in [9.17, 15) is 0 Å². The van der Waals surface area contributed by atoms with Gasteiger partial charge in [0.2, 0.25) is 0 Å². The molecule has 3 aromatic heterocycles. The zero-order valence-electron chi connectivity index (χ0n) is 32.9. The minimum absolute atomic E-state index is 0.643. The molecule has 0 atom stereocenters. The highest BCUT2D eigenvalue weighted by Gasteiger charge is 2.20. The number of hydrogen-bond acceptors (Lipinski definition) is 4. The van der Waals surface area contributed by atoms with Gasteiger partial charge in [0, 0.05) is 54.9 Å². The molecule has 0 radical (unpaired) electrons. The van der Waals surface area contributed by atoms with Crippen LogP contribution >= 0.6 is 0 Å². The smallest absolute Gasteiger partial charge is 0.164 e. The van der Waals surface area contributed by atoms with E-state index in [0.29, 0.717) is 17.5 Å². The van der Waals surface area contributed by atoms with Crippen LogP contribution in [0.15, 0.2) is 212 Å². The van der Waals surface area contributed by atoms with E-state index >= 15 is 0 Å². The van der Waals surface area contributed by atoms with E-state index in [1.165, 1.54) is 21.7 Å². The van der Waals surface area contributed by atoms with E-state index in [1.807, 2.05) is 60.7 Å². The Morgan fingerprint density at radius 1 is 0.311 bits per heavy atom. The van der Waals surface area contributed by atoms with Crippen LogP contribution in [-0.2, 0) is 0 Å². The summed E-state index contributed by atoms with van der Waals surface area (Å²) in [5.74, 6) is 1.94. The van der Waals surface area contributed by atoms with Gasteiger partial charge in [0.25, 0.3) is 0 Å². The van der Waals surface area contributed by atoms with Crippen molar-refractivity contribution in [2.45, 2.75) is 0 Å². The van der Waals surface area contributed by atoms with Gasteiger partial charge in [-0.2, -0.15) is 0 Å². The van der Waals surface area contributed by atoms with Gasteiger partial charge in [0.1, 0.15) is 0 Å². The van der Waals surface area contributed by atoms with Crippen LogP contribution in [-0.4, -0.2) is 24.5 Å². The van der Waals surface area contributed by atoms with Gasteiger partial charge in [0.05, 0.1) is 22.2 Å². The summed E-state index contributed by atoms with van der Waals surface area (Å²) in [6.07, 6.45) is 0. The lowest BCUT2D eigenvalue weighted by Crippen LogP contribution is -2.00. The van der Waals surface area contributed by atoms with Crippen LogP contribution in [0.2, 0.25) is 0 Å². The summed E-state index contributed by atoms with van der Waals surface area (Å²) in [5.41, 5.74) is 11.7. The number of benzene rings is 9. The Labute approximate surface area is 351 Å². The van der Waals surface area contributed by atoms with Crippen molar-refractivity contribution in [1.82, 2.24) is 24.5 Å². The van der Waals surface area contributed by atoms with Crippen molar-refractivity contribution in [3.8, 4) is 62.2 Å². The maximum Gasteiger partial charge on any atom is 0.164 e. The minimum Gasteiger partial charge on any atom is -0.309 e. The molecule has 5 heteroatoms. The van der Waals surface area contributed by atoms with Gasteiger partial charge < -0.3 is 4.57 Å². The van der Waals surface area contributed by atoms with Crippen molar-refractivity contribution in [1.29, 1.82) is 0 Å². The molecule has 0 N–H and O–H groups in total. The van der Waals surface area contributed by atoms with E-state index in [0.717, 1.165) is 77.3 Å². The Hall–Kier alpha value is -8.28. The maximum atomic E-state index is 5.25. The topological polar surface area (TPSA) is 56.5 Å². The summed E-state index contributed by atoms with van der Waals surface area (Å²) in [4.78, 5) is 20.1. The van der Waals surface area contributed by atoms with Gasteiger partial charge in [-0.3, -0.25) is 0 Å². The molecule has 0 aliphatic heterocycles. The third kappa shape index (κ3) is 5.94. The Balaban J connectivity index is 1.02. The quantitative estimate of drug-likeness (QED) is 0.158. The lowest BCUT2D eigenvalue weighted by molar-refractivity contribution is 1.07. The molecule has 0 bridgehead atoms. The molecule has 0 amide bonds. The van der Waals surface area contributed by atoms with Gasteiger partial charge in [0.15, 0.2) is 17.5 Å². The van der Waals surface area contributed by atoms with Crippen LogP contribution in [0.4, 0.5) is 0 Å². The van der Waals surface area contributed by atoms with Gasteiger partial charge >= 0.3 is 0 Å². The van der Waals surface area contributed by atoms with Crippen LogP contribution in [0, 0.1) is 0 Å². The van der Waals surface area contributed by atoms with Crippen LogP contribution in [0.3, 0.4) is 0 Å². The molecule has 0 aliphatic rings. The second kappa shape index (κ2) is 14.2. The Morgan fingerprint density at radius 3 is 1.48 bits per heavy atom. The van der Waals surface area contributed by atoms with Crippen molar-refractivity contribution in [2.24, 2.45) is 0 Å². The van der Waals surface area contributed by atoms with Crippen molar-refractivity contribution in [3.63, 3.8) is 0 Å². The molecule has 61 heavy (non-hydrogen) atoms. The van der Waals surface area contributed by atoms with E-state index in [2.05, 4.69) is 156 Å². The standard InChI is InChI=1S/C56H35N5/c1-5-15-36(16-6-1)52-48-32-31-46-45-30-29-42(35-50(45)61(44-21-11-4-12-22-44)53(46)51(48)47-23-13-14-24-49(47)57-52)40-25-26-41-34-43(28-27-39(41)33-40)56-59-54(37-17-7-2-8-18-37)58-55(60-56)38-19-9-3-10-20-38/h1-35H. The van der Waals surface area contributed by atoms with Crippen LogP contribution in [0.25, 0.3) is 116 Å². The molecule has 12 rings (SSSR count). The van der Waals surface area contributed by atoms with Crippen LogP contribution in [0.5, 0.6) is 0 Å². The number of hydrogen-bond donors (Lipinski definition) is 0. The molecule has 0 unspecified atom stereocenters. The maximum absolute atomic E-state index is 5.25. The van der Waals surface area contributed by atoms with Crippen LogP contribution in [0.1, 0.15) is 0 Å². The average Bonchev–Trinajstić information content (AvgIpc) is 3.68. The van der Waals surface area contributed by atoms with Gasteiger partial charge in [-0.05, 0) is 58.3 Å². The normalized spacial score (nSPS) is 11.6. The molecular weight excluding hydrogens is 743 g/mol. The van der Waals surface area contributed by atoms with Crippen molar-refractivity contribution >= 4 is 54.3 Å². The fourth-order valence-electron chi connectivity index (χ4n) is 8.88. The number of pyridine rings is 1. The summed E-state index contributed by atoms with van der Waals surface area (Å²) in [6.45, 7) is 0. The van der Waals surface area contributed by atoms with Crippen molar-refractivity contribution in [3.05, 3.63) is 212 Å². The molecule has 0 aliphatic carbocycles. The van der Waals surface area contributed by atoms with Gasteiger partial charge in [-0.1, -0.05) is 176 Å². The third-order valence-electron chi connectivity index (χ3n) is 11.8. The first kappa shape index (κ1) is 34.7. The SMILES string of the molecule is c1ccc(-c2nc(-c3ccccc3)nc(-c3ccc4cc(-c5ccc6c7ccc8c(-c9ccccc9)nc9ccccc9c8c7n(-c7ccccc7)c6c5)ccc4c3)n2)cc1. The van der Waals surface area contributed by atoms with Crippen molar-refractivity contribution in [2.75, 3.05) is 0 Å². The first-order valence-electron chi connectivity index (χ1n) is 20.6. The predicted molar refractivity (Wildman–Crippen MR) is 252 cm³/mol. The molecule has 5 nitrogen and oxygen atoms in total. The van der Waals surface area contributed by atoms with E-state index in [-0.39, 0.29) is 0 Å². The summed E-state index contributed by atoms with van der Waals surface area (Å²) < 4.78 is 2.45. The number of fused-ring (bicyclic) bond motifs is 8. The highest BCUT2D eigenvalue weighted by Crippen LogP contribution is 2.43. The van der Waals surface area contributed by atoms with E-state index in [1.54, 1.807) is 0 Å². The monoisotopic (exact) mass is 777 g/mol. The zero-order valence-corrected chi connectivity index (χ0v) is 32.9. The highest BCUT2D eigenvalue weighted by molar-refractivity contribution is 6.27. The summed E-state index contributed by atoms with van der Waals surface area (Å²) >= 11 is 0. The molecular formula is C56H35N5. The Bertz CT molecular complexity index is 3560. The summed E-state index contributed by atoms with van der Waals surface area (Å²) in [6, 6.07) is 74.7. The molecule has 12 aromatic rings. The predicted octanol–water partition coefficient (Wildman–Crippen LogP) is 14.2. The largest absolute Gasteiger partial charge is 0.309 e. The van der Waals surface area contributed by atoms with Crippen LogP contribution < -0.4 is 0 Å². The number of rotatable bonds is 6. The first-order chi connectivity index (χ1) is 30.2. The first-order valence-corrected chi connectivity index (χ1v) is 20.6. The third-order valence-corrected chi connectivity index (χ3v) is 11.8. The zero-order chi connectivity index (χ0) is 40.3. The number of nitrogens with zero attached hydrogens (tertiary/aromatic N) is 5. The molecule has 284 valence electrons. The fourth-order valence-corrected chi connectivity index (χ4v) is 8.88. The molecule has 9 aromatic carbocycles. The minimum atomic E-state index is 0.643. The van der Waals surface area contributed by atoms with Gasteiger partial charge in [-0.15, -0.1) is 0 Å². The second-order valence-electron chi connectivity index (χ2n) is 15.4. The Morgan fingerprint density at radius 2 is 0.803 bits per heavy atom. The molecule has 0 spiro atoms. The van der Waals surface area contributed by atoms with Crippen molar-refractivity contribution < 1.29 is 0 Å². The van der Waals surface area contributed by atoms with E-state index in [4.69, 9.17) is 19.9 Å². The second-order valence-corrected chi connectivity index (χ2v) is 15.4. The molecule has 3 heterocycles. The summed E-state index contributed by atoms with van der Waals surface area (Å²) in [7, 11) is 0. The molecule has 0 saturated heterocycles. The van der Waals surface area contributed by atoms with E-state index < -0.39 is 0 Å². The summed E-state index contributed by atoms with van der Waals surface area (Å²) in [5, 5.41) is 8.16. The molecule has 0 fully saturated rings. The molecule has 0 saturated carbocycles. The number of para-hydroxylation sites is 2. The highest BCUT2D eigenvalue weighted by atomic mass is 15.0. The lowest BCUT2D eigenvalue weighted by atomic mass is 9.97. The average molecular weight is 778 g/mol. The van der Waals surface area contributed by atoms with Gasteiger partial charge in [-0.25, -0.2) is 19.9 Å². The lowest BCUT2D eigenvalue weighted by Gasteiger charge is -2.14.